The number of rotatable bonds is 2. The summed E-state index contributed by atoms with van der Waals surface area (Å²) in [5.74, 6) is -0.999. The number of carboxylic acid groups (broad SMARTS) is 1. The van der Waals surface area contributed by atoms with Crippen LogP contribution in [0.5, 0.6) is 0 Å². The molecule has 1 fully saturated rings. The highest BCUT2D eigenvalue weighted by Crippen LogP contribution is 2.21. The fourth-order valence-corrected chi connectivity index (χ4v) is 1.98. The topological polar surface area (TPSA) is 62.7 Å². The zero-order valence-corrected chi connectivity index (χ0v) is 9.96. The van der Waals surface area contributed by atoms with Gasteiger partial charge in [-0.2, -0.15) is 0 Å². The van der Waals surface area contributed by atoms with Crippen molar-refractivity contribution in [2.45, 2.75) is 26.0 Å². The zero-order chi connectivity index (χ0) is 12.4. The molecule has 0 spiro atoms. The fraction of sp³-hybridized carbons (Fsp3) is 0.500. The standard InChI is InChI=1S/C12H16N2O3/c1-8-7-17-9(2)6-14(8)10-3-4-13-11(5-10)12(15)16/h3-5,8-9H,6-7H2,1-2H3,(H,15,16). The Morgan fingerprint density at radius 3 is 3.06 bits per heavy atom. The predicted molar refractivity (Wildman–Crippen MR) is 63.4 cm³/mol. The van der Waals surface area contributed by atoms with E-state index in [0.717, 1.165) is 12.2 Å². The van der Waals surface area contributed by atoms with Gasteiger partial charge in [-0.1, -0.05) is 0 Å². The molecule has 5 nitrogen and oxygen atoms in total. The lowest BCUT2D eigenvalue weighted by Crippen LogP contribution is -2.47. The number of carbonyl (C=O) groups is 1. The number of aromatic carboxylic acids is 1. The van der Waals surface area contributed by atoms with E-state index in [-0.39, 0.29) is 17.8 Å². The normalized spacial score (nSPS) is 24.7. The van der Waals surface area contributed by atoms with Gasteiger partial charge in [0, 0.05) is 24.5 Å². The van der Waals surface area contributed by atoms with Crippen molar-refractivity contribution in [3.63, 3.8) is 0 Å². The molecule has 17 heavy (non-hydrogen) atoms. The summed E-state index contributed by atoms with van der Waals surface area (Å²) in [5, 5.41) is 8.92. The van der Waals surface area contributed by atoms with Gasteiger partial charge in [0.1, 0.15) is 5.69 Å². The molecule has 1 N–H and O–H groups in total. The number of ether oxygens (including phenoxy) is 1. The van der Waals surface area contributed by atoms with E-state index in [0.29, 0.717) is 6.61 Å². The lowest BCUT2D eigenvalue weighted by atomic mass is 10.1. The highest BCUT2D eigenvalue weighted by molar-refractivity contribution is 5.86. The van der Waals surface area contributed by atoms with Crippen molar-refractivity contribution in [3.8, 4) is 0 Å². The number of anilines is 1. The second kappa shape index (κ2) is 4.71. The lowest BCUT2D eigenvalue weighted by Gasteiger charge is -2.38. The van der Waals surface area contributed by atoms with E-state index in [1.807, 2.05) is 13.0 Å². The van der Waals surface area contributed by atoms with Crippen molar-refractivity contribution in [1.82, 2.24) is 4.98 Å². The monoisotopic (exact) mass is 236 g/mol. The number of morpholine rings is 1. The maximum Gasteiger partial charge on any atom is 0.354 e. The minimum atomic E-state index is -0.999. The van der Waals surface area contributed by atoms with Crippen LogP contribution in [0.1, 0.15) is 24.3 Å². The Hall–Kier alpha value is -1.62. The highest BCUT2D eigenvalue weighted by Gasteiger charge is 2.24. The van der Waals surface area contributed by atoms with Crippen LogP contribution < -0.4 is 4.90 Å². The zero-order valence-electron chi connectivity index (χ0n) is 9.96. The molecule has 1 aromatic rings. The molecule has 2 atom stereocenters. The van der Waals surface area contributed by atoms with Gasteiger partial charge in [-0.05, 0) is 26.0 Å². The summed E-state index contributed by atoms with van der Waals surface area (Å²) in [6, 6.07) is 3.69. The van der Waals surface area contributed by atoms with E-state index in [1.54, 1.807) is 6.07 Å². The summed E-state index contributed by atoms with van der Waals surface area (Å²) in [4.78, 5) is 16.9. The van der Waals surface area contributed by atoms with Gasteiger partial charge in [-0.25, -0.2) is 9.78 Å². The fourth-order valence-electron chi connectivity index (χ4n) is 1.98. The molecular formula is C12H16N2O3. The Kier molecular flexibility index (Phi) is 3.28. The van der Waals surface area contributed by atoms with Crippen LogP contribution in [-0.4, -0.2) is 41.4 Å². The minimum Gasteiger partial charge on any atom is -0.477 e. The molecule has 1 aromatic heterocycles. The molecule has 2 heterocycles. The first-order valence-electron chi connectivity index (χ1n) is 5.65. The number of hydrogen-bond acceptors (Lipinski definition) is 4. The van der Waals surface area contributed by atoms with E-state index in [1.165, 1.54) is 6.20 Å². The van der Waals surface area contributed by atoms with Crippen LogP contribution in [0.25, 0.3) is 0 Å². The number of pyridine rings is 1. The molecule has 2 unspecified atom stereocenters. The Bertz CT molecular complexity index is 422. The maximum atomic E-state index is 10.9. The van der Waals surface area contributed by atoms with Crippen molar-refractivity contribution >= 4 is 11.7 Å². The molecule has 0 radical (unpaired) electrons. The SMILES string of the molecule is CC1CN(c2ccnc(C(=O)O)c2)C(C)CO1. The van der Waals surface area contributed by atoms with Gasteiger partial charge in [-0.15, -0.1) is 0 Å². The third kappa shape index (κ3) is 2.55. The average Bonchev–Trinajstić information content (AvgIpc) is 2.32. The largest absolute Gasteiger partial charge is 0.477 e. The van der Waals surface area contributed by atoms with E-state index in [2.05, 4.69) is 16.8 Å². The first-order chi connectivity index (χ1) is 8.08. The van der Waals surface area contributed by atoms with E-state index in [4.69, 9.17) is 9.84 Å². The van der Waals surface area contributed by atoms with E-state index >= 15 is 0 Å². The van der Waals surface area contributed by atoms with Crippen molar-refractivity contribution in [2.24, 2.45) is 0 Å². The number of nitrogens with zero attached hydrogens (tertiary/aromatic N) is 2. The van der Waals surface area contributed by atoms with E-state index in [9.17, 15) is 4.79 Å². The van der Waals surface area contributed by atoms with Gasteiger partial charge in [0.25, 0.3) is 0 Å². The van der Waals surface area contributed by atoms with Gasteiger partial charge >= 0.3 is 5.97 Å². The second-order valence-electron chi connectivity index (χ2n) is 4.35. The molecule has 0 bridgehead atoms. The van der Waals surface area contributed by atoms with Crippen molar-refractivity contribution in [1.29, 1.82) is 0 Å². The van der Waals surface area contributed by atoms with Crippen LogP contribution in [0.3, 0.4) is 0 Å². The van der Waals surface area contributed by atoms with Crippen LogP contribution in [0, 0.1) is 0 Å². The van der Waals surface area contributed by atoms with Gasteiger partial charge < -0.3 is 14.7 Å². The molecule has 2 rings (SSSR count). The third-order valence-corrected chi connectivity index (χ3v) is 2.90. The van der Waals surface area contributed by atoms with Crippen LogP contribution in [-0.2, 0) is 4.74 Å². The van der Waals surface area contributed by atoms with Gasteiger partial charge in [0.15, 0.2) is 0 Å². The predicted octanol–water partition coefficient (Wildman–Crippen LogP) is 1.39. The molecule has 0 aliphatic carbocycles. The molecule has 1 aliphatic heterocycles. The number of aromatic nitrogens is 1. The maximum absolute atomic E-state index is 10.9. The first-order valence-corrected chi connectivity index (χ1v) is 5.65. The second-order valence-corrected chi connectivity index (χ2v) is 4.35. The molecule has 1 saturated heterocycles. The van der Waals surface area contributed by atoms with Gasteiger partial charge in [-0.3, -0.25) is 0 Å². The lowest BCUT2D eigenvalue weighted by molar-refractivity contribution is 0.0343. The van der Waals surface area contributed by atoms with Crippen LogP contribution >= 0.6 is 0 Å². The van der Waals surface area contributed by atoms with E-state index < -0.39 is 5.97 Å². The molecule has 1 aliphatic rings. The first kappa shape index (κ1) is 11.9. The highest BCUT2D eigenvalue weighted by atomic mass is 16.5. The Morgan fingerprint density at radius 2 is 2.35 bits per heavy atom. The minimum absolute atomic E-state index is 0.0776. The number of hydrogen-bond donors (Lipinski definition) is 1. The number of carboxylic acids is 1. The summed E-state index contributed by atoms with van der Waals surface area (Å²) in [7, 11) is 0. The Labute approximate surface area is 100 Å². The smallest absolute Gasteiger partial charge is 0.354 e. The van der Waals surface area contributed by atoms with Crippen molar-refractivity contribution in [3.05, 3.63) is 24.0 Å². The third-order valence-electron chi connectivity index (χ3n) is 2.90. The Morgan fingerprint density at radius 1 is 1.59 bits per heavy atom. The summed E-state index contributed by atoms with van der Waals surface area (Å²) >= 11 is 0. The van der Waals surface area contributed by atoms with Crippen molar-refractivity contribution in [2.75, 3.05) is 18.1 Å². The molecule has 0 amide bonds. The Balaban J connectivity index is 2.26. The molecule has 0 saturated carbocycles. The summed E-state index contributed by atoms with van der Waals surface area (Å²) in [6.07, 6.45) is 1.69. The molecule has 5 heteroatoms. The van der Waals surface area contributed by atoms with Gasteiger partial charge in [0.05, 0.1) is 12.7 Å². The quantitative estimate of drug-likeness (QED) is 0.840. The molecule has 92 valence electrons. The van der Waals surface area contributed by atoms with Crippen LogP contribution in [0.15, 0.2) is 18.3 Å². The van der Waals surface area contributed by atoms with Crippen LogP contribution in [0.2, 0.25) is 0 Å². The average molecular weight is 236 g/mol. The molecular weight excluding hydrogens is 220 g/mol. The summed E-state index contributed by atoms with van der Waals surface area (Å²) in [5.41, 5.74) is 0.967. The van der Waals surface area contributed by atoms with Crippen molar-refractivity contribution < 1.29 is 14.6 Å². The van der Waals surface area contributed by atoms with Gasteiger partial charge in [0.2, 0.25) is 0 Å². The summed E-state index contributed by atoms with van der Waals surface area (Å²) in [6.45, 7) is 5.50. The van der Waals surface area contributed by atoms with Crippen LogP contribution in [0.4, 0.5) is 5.69 Å². The summed E-state index contributed by atoms with van der Waals surface area (Å²) < 4.78 is 5.55. The molecule has 0 aromatic carbocycles.